The van der Waals surface area contributed by atoms with E-state index in [1.54, 1.807) is 12.5 Å². The molecule has 4 heterocycles. The number of pyridine rings is 2. The molecule has 7 nitrogen and oxygen atoms in total. The van der Waals surface area contributed by atoms with E-state index in [9.17, 15) is 0 Å². The summed E-state index contributed by atoms with van der Waals surface area (Å²) in [7, 11) is 0. The summed E-state index contributed by atoms with van der Waals surface area (Å²) >= 11 is 0. The summed E-state index contributed by atoms with van der Waals surface area (Å²) < 4.78 is 0. The maximum atomic E-state index is 4.97. The highest BCUT2D eigenvalue weighted by Gasteiger charge is 2.24. The Morgan fingerprint density at radius 2 is 1.09 bits per heavy atom. The lowest BCUT2D eigenvalue weighted by Crippen LogP contribution is -2.01. The van der Waals surface area contributed by atoms with Gasteiger partial charge in [-0.2, -0.15) is 0 Å². The van der Waals surface area contributed by atoms with E-state index in [1.807, 2.05) is 91.0 Å². The third kappa shape index (κ3) is 4.63. The molecule has 0 amide bonds. The molecule has 0 saturated carbocycles. The van der Waals surface area contributed by atoms with Crippen LogP contribution in [0.2, 0.25) is 0 Å². The Labute approximate surface area is 248 Å². The standard InChI is InChI=1S/C36H23N7/c1-3-10-23(11-4-1)34-41-35(24-12-5-2-6-13-24)43-36(42-34)30-17-9-16-29(40-30)31-21-26(18-19-37-31)32-28-20-25-14-7-8-15-27(25)33(28)39-22-38-32/h1-19,21-22H,20H2. The van der Waals surface area contributed by atoms with Gasteiger partial charge in [-0.25, -0.2) is 29.9 Å². The zero-order valence-corrected chi connectivity index (χ0v) is 23.0. The van der Waals surface area contributed by atoms with Gasteiger partial charge in [-0.05, 0) is 29.8 Å². The van der Waals surface area contributed by atoms with Crippen LogP contribution in [0.15, 0.2) is 128 Å². The lowest BCUT2D eigenvalue weighted by atomic mass is 10.0. The van der Waals surface area contributed by atoms with Gasteiger partial charge in [0.2, 0.25) is 0 Å². The molecule has 0 bridgehead atoms. The normalized spacial score (nSPS) is 11.6. The van der Waals surface area contributed by atoms with Gasteiger partial charge < -0.3 is 0 Å². The van der Waals surface area contributed by atoms with E-state index < -0.39 is 0 Å². The van der Waals surface area contributed by atoms with E-state index in [4.69, 9.17) is 24.9 Å². The van der Waals surface area contributed by atoms with E-state index in [2.05, 4.69) is 34.2 Å². The second kappa shape index (κ2) is 10.5. The van der Waals surface area contributed by atoms with Crippen LogP contribution in [0.3, 0.4) is 0 Å². The molecule has 0 radical (unpaired) electrons. The van der Waals surface area contributed by atoms with E-state index >= 15 is 0 Å². The number of benzene rings is 3. The van der Waals surface area contributed by atoms with Crippen molar-refractivity contribution in [2.45, 2.75) is 6.42 Å². The zero-order chi connectivity index (χ0) is 28.6. The Bertz CT molecular complexity index is 2050. The molecule has 4 aromatic heterocycles. The van der Waals surface area contributed by atoms with Crippen LogP contribution in [-0.2, 0) is 6.42 Å². The smallest absolute Gasteiger partial charge is 0.182 e. The minimum Gasteiger partial charge on any atom is -0.255 e. The summed E-state index contributed by atoms with van der Waals surface area (Å²) in [5.74, 6) is 1.68. The fourth-order valence-electron chi connectivity index (χ4n) is 5.50. The van der Waals surface area contributed by atoms with Gasteiger partial charge in [0.25, 0.3) is 0 Å². The van der Waals surface area contributed by atoms with Crippen molar-refractivity contribution in [3.05, 3.63) is 139 Å². The Morgan fingerprint density at radius 1 is 0.442 bits per heavy atom. The molecule has 3 aromatic carbocycles. The number of nitrogens with zero attached hydrogens (tertiary/aromatic N) is 7. The zero-order valence-electron chi connectivity index (χ0n) is 23.0. The topological polar surface area (TPSA) is 90.2 Å². The minimum atomic E-state index is 0.497. The first kappa shape index (κ1) is 24.8. The van der Waals surface area contributed by atoms with E-state index in [-0.39, 0.29) is 0 Å². The third-order valence-electron chi connectivity index (χ3n) is 7.56. The van der Waals surface area contributed by atoms with Crippen LogP contribution in [0.1, 0.15) is 11.1 Å². The van der Waals surface area contributed by atoms with Crippen molar-refractivity contribution in [1.29, 1.82) is 0 Å². The minimum absolute atomic E-state index is 0.497. The molecule has 7 aromatic rings. The van der Waals surface area contributed by atoms with Gasteiger partial charge in [0.15, 0.2) is 17.5 Å². The largest absolute Gasteiger partial charge is 0.255 e. The van der Waals surface area contributed by atoms with Crippen molar-refractivity contribution in [1.82, 2.24) is 34.9 Å². The molecule has 0 fully saturated rings. The van der Waals surface area contributed by atoms with Gasteiger partial charge in [0.05, 0.1) is 22.8 Å². The third-order valence-corrected chi connectivity index (χ3v) is 7.56. The van der Waals surface area contributed by atoms with Crippen LogP contribution in [0.5, 0.6) is 0 Å². The molecule has 1 aliphatic carbocycles. The maximum absolute atomic E-state index is 4.97. The highest BCUT2D eigenvalue weighted by Crippen LogP contribution is 2.39. The monoisotopic (exact) mass is 553 g/mol. The van der Waals surface area contributed by atoms with Gasteiger partial charge in [-0.1, -0.05) is 91.0 Å². The maximum Gasteiger partial charge on any atom is 0.182 e. The van der Waals surface area contributed by atoms with E-state index in [0.717, 1.165) is 51.5 Å². The average Bonchev–Trinajstić information content (AvgIpc) is 3.48. The van der Waals surface area contributed by atoms with Gasteiger partial charge in [0, 0.05) is 40.4 Å². The summed E-state index contributed by atoms with van der Waals surface area (Å²) in [4.78, 5) is 33.4. The average molecular weight is 554 g/mol. The van der Waals surface area contributed by atoms with Gasteiger partial charge >= 0.3 is 0 Å². The molecule has 0 N–H and O–H groups in total. The number of hydrogen-bond acceptors (Lipinski definition) is 7. The van der Waals surface area contributed by atoms with Crippen molar-refractivity contribution < 1.29 is 0 Å². The van der Waals surface area contributed by atoms with E-state index in [1.165, 1.54) is 11.1 Å². The van der Waals surface area contributed by atoms with Crippen LogP contribution in [0.4, 0.5) is 0 Å². The van der Waals surface area contributed by atoms with Crippen LogP contribution in [0, 0.1) is 0 Å². The van der Waals surface area contributed by atoms with Crippen molar-refractivity contribution in [2.24, 2.45) is 0 Å². The fraction of sp³-hybridized carbons (Fsp3) is 0.0278. The Morgan fingerprint density at radius 3 is 1.86 bits per heavy atom. The molecule has 0 saturated heterocycles. The van der Waals surface area contributed by atoms with Crippen molar-refractivity contribution >= 4 is 0 Å². The molecule has 0 atom stereocenters. The Hall–Kier alpha value is -5.95. The predicted molar refractivity (Wildman–Crippen MR) is 166 cm³/mol. The molecule has 0 unspecified atom stereocenters. The molecule has 8 rings (SSSR count). The molecule has 0 spiro atoms. The van der Waals surface area contributed by atoms with Crippen LogP contribution in [-0.4, -0.2) is 34.9 Å². The molecule has 202 valence electrons. The molecule has 7 heteroatoms. The number of rotatable bonds is 5. The molecule has 1 aliphatic rings. The fourth-order valence-corrected chi connectivity index (χ4v) is 5.50. The summed E-state index contributed by atoms with van der Waals surface area (Å²) in [6, 6.07) is 38.1. The molecular weight excluding hydrogens is 530 g/mol. The number of hydrogen-bond donors (Lipinski definition) is 0. The first-order valence-electron chi connectivity index (χ1n) is 14.0. The predicted octanol–water partition coefficient (Wildman–Crippen LogP) is 7.36. The summed E-state index contributed by atoms with van der Waals surface area (Å²) in [6.07, 6.45) is 4.25. The SMILES string of the molecule is c1ccc(-c2nc(-c3ccccc3)nc(-c3cccc(-c4cc(-c5ncnc6c5Cc5ccccc5-6)ccn4)n3)n2)cc1. The Balaban J connectivity index is 1.20. The Kier molecular flexibility index (Phi) is 6.04. The van der Waals surface area contributed by atoms with Gasteiger partial charge in [-0.3, -0.25) is 4.98 Å². The van der Waals surface area contributed by atoms with Crippen molar-refractivity contribution in [3.8, 4) is 68.2 Å². The van der Waals surface area contributed by atoms with Gasteiger partial charge in [-0.15, -0.1) is 0 Å². The second-order valence-electron chi connectivity index (χ2n) is 10.3. The van der Waals surface area contributed by atoms with Crippen LogP contribution in [0.25, 0.3) is 68.2 Å². The van der Waals surface area contributed by atoms with Crippen molar-refractivity contribution in [2.75, 3.05) is 0 Å². The number of fused-ring (bicyclic) bond motifs is 3. The van der Waals surface area contributed by atoms with Gasteiger partial charge in [0.1, 0.15) is 12.0 Å². The first-order chi connectivity index (χ1) is 21.3. The van der Waals surface area contributed by atoms with Crippen molar-refractivity contribution in [3.63, 3.8) is 0 Å². The highest BCUT2D eigenvalue weighted by atomic mass is 15.0. The molecule has 43 heavy (non-hydrogen) atoms. The van der Waals surface area contributed by atoms with E-state index in [0.29, 0.717) is 23.2 Å². The summed E-state index contributed by atoms with van der Waals surface area (Å²) in [6.45, 7) is 0. The lowest BCUT2D eigenvalue weighted by Gasteiger charge is -2.10. The van der Waals surface area contributed by atoms with Crippen LogP contribution < -0.4 is 0 Å². The van der Waals surface area contributed by atoms with Crippen LogP contribution >= 0.6 is 0 Å². The second-order valence-corrected chi connectivity index (χ2v) is 10.3. The quantitative estimate of drug-likeness (QED) is 0.220. The lowest BCUT2D eigenvalue weighted by molar-refractivity contribution is 1.06. The molecular formula is C36H23N7. The molecule has 0 aliphatic heterocycles. The first-order valence-corrected chi connectivity index (χ1v) is 14.0. The highest BCUT2D eigenvalue weighted by molar-refractivity contribution is 5.81. The summed E-state index contributed by atoms with van der Waals surface area (Å²) in [5.41, 5.74) is 10.4. The summed E-state index contributed by atoms with van der Waals surface area (Å²) in [5, 5.41) is 0. The number of aromatic nitrogens is 7.